The van der Waals surface area contributed by atoms with E-state index in [2.05, 4.69) is 10.3 Å². The lowest BCUT2D eigenvalue weighted by Crippen LogP contribution is -2.39. The summed E-state index contributed by atoms with van der Waals surface area (Å²) in [6.07, 6.45) is 2.10. The fourth-order valence-electron chi connectivity index (χ4n) is 1.79. The number of aliphatic hydroxyl groups is 1. The van der Waals surface area contributed by atoms with Crippen molar-refractivity contribution in [3.05, 3.63) is 23.9 Å². The summed E-state index contributed by atoms with van der Waals surface area (Å²) >= 11 is 0. The lowest BCUT2D eigenvalue weighted by Gasteiger charge is -2.21. The molecular formula is C15H24N2O3. The van der Waals surface area contributed by atoms with Gasteiger partial charge in [0.15, 0.2) is 0 Å². The van der Waals surface area contributed by atoms with Crippen LogP contribution in [0.3, 0.4) is 0 Å². The summed E-state index contributed by atoms with van der Waals surface area (Å²) in [7, 11) is 0. The third kappa shape index (κ3) is 5.17. The lowest BCUT2D eigenvalue weighted by atomic mass is 10.0. The highest BCUT2D eigenvalue weighted by Crippen LogP contribution is 2.11. The Balaban J connectivity index is 2.67. The SMILES string of the molecule is CC(C)Oc1ccc(C(=O)NC(CCO)C(C)C)cn1. The molecule has 1 aromatic rings. The van der Waals surface area contributed by atoms with Crippen LogP contribution in [0.5, 0.6) is 5.88 Å². The minimum absolute atomic E-state index is 0.0425. The Bertz CT molecular complexity index is 416. The van der Waals surface area contributed by atoms with Gasteiger partial charge in [0.1, 0.15) is 0 Å². The average Bonchev–Trinajstić information content (AvgIpc) is 2.38. The zero-order valence-corrected chi connectivity index (χ0v) is 12.6. The summed E-state index contributed by atoms with van der Waals surface area (Å²) in [5, 5.41) is 11.9. The monoisotopic (exact) mass is 280 g/mol. The van der Waals surface area contributed by atoms with E-state index in [1.165, 1.54) is 6.20 Å². The van der Waals surface area contributed by atoms with Crippen LogP contribution in [0.1, 0.15) is 44.5 Å². The van der Waals surface area contributed by atoms with Gasteiger partial charge in [0.2, 0.25) is 5.88 Å². The van der Waals surface area contributed by atoms with Crippen LogP contribution >= 0.6 is 0 Å². The maximum absolute atomic E-state index is 12.1. The maximum Gasteiger partial charge on any atom is 0.253 e. The van der Waals surface area contributed by atoms with Crippen LogP contribution in [0.25, 0.3) is 0 Å². The van der Waals surface area contributed by atoms with Gasteiger partial charge in [0.05, 0.1) is 11.7 Å². The van der Waals surface area contributed by atoms with E-state index in [4.69, 9.17) is 9.84 Å². The number of carbonyl (C=O) groups is 1. The first kappa shape index (κ1) is 16.4. The predicted octanol–water partition coefficient (Wildman–Crippen LogP) is 2.01. The summed E-state index contributed by atoms with van der Waals surface area (Å²) in [5.74, 6) is 0.593. The molecule has 0 aliphatic rings. The number of rotatable bonds is 7. The van der Waals surface area contributed by atoms with Gasteiger partial charge in [-0.25, -0.2) is 4.98 Å². The number of hydrogen-bond acceptors (Lipinski definition) is 4. The Morgan fingerprint density at radius 2 is 2.05 bits per heavy atom. The first-order chi connectivity index (χ1) is 9.43. The number of aromatic nitrogens is 1. The fourth-order valence-corrected chi connectivity index (χ4v) is 1.79. The molecule has 1 atom stereocenters. The van der Waals surface area contributed by atoms with Gasteiger partial charge in [-0.05, 0) is 32.3 Å². The van der Waals surface area contributed by atoms with E-state index in [0.717, 1.165) is 0 Å². The molecule has 0 bridgehead atoms. The second kappa shape index (κ2) is 7.85. The second-order valence-electron chi connectivity index (χ2n) is 5.39. The largest absolute Gasteiger partial charge is 0.475 e. The van der Waals surface area contributed by atoms with Gasteiger partial charge in [-0.15, -0.1) is 0 Å². The smallest absolute Gasteiger partial charge is 0.253 e. The molecule has 0 saturated heterocycles. The quantitative estimate of drug-likeness (QED) is 0.801. The minimum Gasteiger partial charge on any atom is -0.475 e. The van der Waals surface area contributed by atoms with Gasteiger partial charge in [-0.2, -0.15) is 0 Å². The van der Waals surface area contributed by atoms with Gasteiger partial charge in [0, 0.05) is 24.9 Å². The molecule has 112 valence electrons. The Kier molecular flexibility index (Phi) is 6.45. The molecule has 1 unspecified atom stereocenters. The van der Waals surface area contributed by atoms with Crippen molar-refractivity contribution >= 4 is 5.91 Å². The average molecular weight is 280 g/mol. The van der Waals surface area contributed by atoms with E-state index in [9.17, 15) is 4.79 Å². The van der Waals surface area contributed by atoms with Crippen molar-refractivity contribution in [3.63, 3.8) is 0 Å². The first-order valence-electron chi connectivity index (χ1n) is 6.98. The molecule has 0 radical (unpaired) electrons. The lowest BCUT2D eigenvalue weighted by molar-refractivity contribution is 0.0916. The summed E-state index contributed by atoms with van der Waals surface area (Å²) in [4.78, 5) is 16.2. The van der Waals surface area contributed by atoms with Crippen LogP contribution < -0.4 is 10.1 Å². The number of carbonyl (C=O) groups excluding carboxylic acids is 1. The van der Waals surface area contributed by atoms with Crippen LogP contribution in [0.4, 0.5) is 0 Å². The number of hydrogen-bond donors (Lipinski definition) is 2. The molecular weight excluding hydrogens is 256 g/mol. The molecule has 5 nitrogen and oxygen atoms in total. The Labute approximate surface area is 120 Å². The molecule has 0 fully saturated rings. The van der Waals surface area contributed by atoms with Crippen molar-refractivity contribution in [2.75, 3.05) is 6.61 Å². The van der Waals surface area contributed by atoms with E-state index in [0.29, 0.717) is 17.9 Å². The molecule has 0 spiro atoms. The van der Waals surface area contributed by atoms with Gasteiger partial charge < -0.3 is 15.2 Å². The van der Waals surface area contributed by atoms with Crippen molar-refractivity contribution < 1.29 is 14.6 Å². The summed E-state index contributed by atoms with van der Waals surface area (Å²) in [6, 6.07) is 3.33. The molecule has 1 rings (SSSR count). The van der Waals surface area contributed by atoms with Gasteiger partial charge in [-0.3, -0.25) is 4.79 Å². The van der Waals surface area contributed by atoms with Crippen LogP contribution in [0.15, 0.2) is 18.3 Å². The number of nitrogens with one attached hydrogen (secondary N) is 1. The van der Waals surface area contributed by atoms with Gasteiger partial charge >= 0.3 is 0 Å². The third-order valence-electron chi connectivity index (χ3n) is 2.92. The summed E-state index contributed by atoms with van der Waals surface area (Å²) < 4.78 is 5.43. The van der Waals surface area contributed by atoms with Gasteiger partial charge in [0.25, 0.3) is 5.91 Å². The molecule has 20 heavy (non-hydrogen) atoms. The van der Waals surface area contributed by atoms with E-state index < -0.39 is 0 Å². The van der Waals surface area contributed by atoms with Crippen molar-refractivity contribution in [2.45, 2.75) is 46.3 Å². The van der Waals surface area contributed by atoms with E-state index >= 15 is 0 Å². The zero-order valence-electron chi connectivity index (χ0n) is 12.6. The second-order valence-corrected chi connectivity index (χ2v) is 5.39. The highest BCUT2D eigenvalue weighted by Gasteiger charge is 2.17. The van der Waals surface area contributed by atoms with Crippen LogP contribution in [0, 0.1) is 5.92 Å². The Hall–Kier alpha value is -1.62. The predicted molar refractivity (Wildman–Crippen MR) is 77.8 cm³/mol. The highest BCUT2D eigenvalue weighted by molar-refractivity contribution is 5.94. The molecule has 0 saturated carbocycles. The molecule has 1 aromatic heterocycles. The summed E-state index contributed by atoms with van der Waals surface area (Å²) in [6.45, 7) is 7.92. The molecule has 5 heteroatoms. The fraction of sp³-hybridized carbons (Fsp3) is 0.600. The standard InChI is InChI=1S/C15H24N2O3/c1-10(2)13(7-8-18)17-15(19)12-5-6-14(16-9-12)20-11(3)4/h5-6,9-11,13,18H,7-8H2,1-4H3,(H,17,19). The molecule has 1 heterocycles. The van der Waals surface area contributed by atoms with Crippen molar-refractivity contribution in [1.82, 2.24) is 10.3 Å². The van der Waals surface area contributed by atoms with Crippen molar-refractivity contribution in [3.8, 4) is 5.88 Å². The van der Waals surface area contributed by atoms with E-state index in [-0.39, 0.29) is 30.6 Å². The number of ether oxygens (including phenoxy) is 1. The molecule has 0 aliphatic heterocycles. The number of pyridine rings is 1. The third-order valence-corrected chi connectivity index (χ3v) is 2.92. The topological polar surface area (TPSA) is 71.5 Å². The summed E-state index contributed by atoms with van der Waals surface area (Å²) in [5.41, 5.74) is 0.490. The first-order valence-corrected chi connectivity index (χ1v) is 6.98. The van der Waals surface area contributed by atoms with Crippen LogP contribution in [-0.2, 0) is 0 Å². The zero-order chi connectivity index (χ0) is 15.1. The van der Waals surface area contributed by atoms with Crippen molar-refractivity contribution in [2.24, 2.45) is 5.92 Å². The highest BCUT2D eigenvalue weighted by atomic mass is 16.5. The molecule has 0 aliphatic carbocycles. The van der Waals surface area contributed by atoms with Gasteiger partial charge in [-0.1, -0.05) is 13.8 Å². The van der Waals surface area contributed by atoms with Crippen LogP contribution in [0.2, 0.25) is 0 Å². The molecule has 0 aromatic carbocycles. The minimum atomic E-state index is -0.180. The molecule has 2 N–H and O–H groups in total. The van der Waals surface area contributed by atoms with Crippen molar-refractivity contribution in [1.29, 1.82) is 0 Å². The number of amides is 1. The number of aliphatic hydroxyl groups excluding tert-OH is 1. The Morgan fingerprint density at radius 1 is 1.35 bits per heavy atom. The maximum atomic E-state index is 12.1. The number of nitrogens with zero attached hydrogens (tertiary/aromatic N) is 1. The molecule has 1 amide bonds. The van der Waals surface area contributed by atoms with Crippen LogP contribution in [-0.4, -0.2) is 34.8 Å². The normalized spacial score (nSPS) is 12.6. The van der Waals surface area contributed by atoms with E-state index in [1.54, 1.807) is 12.1 Å². The van der Waals surface area contributed by atoms with E-state index in [1.807, 2.05) is 27.7 Å². The Morgan fingerprint density at radius 3 is 2.50 bits per heavy atom.